The molecule has 10 heteroatoms. The Morgan fingerprint density at radius 1 is 0.964 bits per heavy atom. The quantitative estimate of drug-likeness (QED) is 0.496. The third-order valence-electron chi connectivity index (χ3n) is 4.36. The van der Waals surface area contributed by atoms with Gasteiger partial charge in [-0.2, -0.15) is 0 Å². The van der Waals surface area contributed by atoms with E-state index in [0.717, 1.165) is 6.42 Å². The van der Waals surface area contributed by atoms with Crippen LogP contribution in [0.1, 0.15) is 47.0 Å². The van der Waals surface area contributed by atoms with Crippen LogP contribution in [0.25, 0.3) is 11.2 Å². The lowest BCUT2D eigenvalue weighted by atomic mass is 10.4. The second-order valence-corrected chi connectivity index (χ2v) is 8.71. The molecule has 28 heavy (non-hydrogen) atoms. The summed E-state index contributed by atoms with van der Waals surface area (Å²) in [5, 5.41) is 0. The van der Waals surface area contributed by atoms with Crippen LogP contribution >= 0.6 is 7.60 Å². The Morgan fingerprint density at radius 2 is 1.57 bits per heavy atom. The molecule has 0 aliphatic rings. The Bertz CT molecular complexity index is 936. The number of rotatable bonds is 12. The first-order chi connectivity index (χ1) is 13.4. The fourth-order valence-corrected chi connectivity index (χ4v) is 4.90. The van der Waals surface area contributed by atoms with E-state index < -0.39 is 7.60 Å². The molecule has 2 rings (SSSR count). The van der Waals surface area contributed by atoms with Gasteiger partial charge in [0, 0.05) is 19.6 Å². The predicted octanol–water partition coefficient (Wildman–Crippen LogP) is 2.84. The van der Waals surface area contributed by atoms with Crippen molar-refractivity contribution in [2.75, 3.05) is 19.4 Å². The molecule has 0 aliphatic carbocycles. The summed E-state index contributed by atoms with van der Waals surface area (Å²) in [7, 11) is -3.13. The fourth-order valence-electron chi connectivity index (χ4n) is 3.25. The van der Waals surface area contributed by atoms with Gasteiger partial charge in [0.2, 0.25) is 0 Å². The van der Waals surface area contributed by atoms with Crippen molar-refractivity contribution < 1.29 is 13.6 Å². The smallest absolute Gasteiger partial charge is 0.325 e. The van der Waals surface area contributed by atoms with Crippen molar-refractivity contribution in [3.05, 3.63) is 27.2 Å². The average molecular weight is 414 g/mol. The molecule has 2 aromatic rings. The molecule has 0 unspecified atom stereocenters. The molecule has 2 heterocycles. The Balaban J connectivity index is 2.37. The van der Waals surface area contributed by atoms with Gasteiger partial charge in [0.1, 0.15) is 0 Å². The summed E-state index contributed by atoms with van der Waals surface area (Å²) >= 11 is 0. The minimum atomic E-state index is -3.13. The molecule has 0 saturated carbocycles. The van der Waals surface area contributed by atoms with E-state index in [0.29, 0.717) is 56.9 Å². The van der Waals surface area contributed by atoms with E-state index in [-0.39, 0.29) is 17.4 Å². The van der Waals surface area contributed by atoms with Crippen molar-refractivity contribution in [3.63, 3.8) is 0 Å². The second kappa shape index (κ2) is 10.2. The first-order valence-corrected chi connectivity index (χ1v) is 11.7. The number of aromatic nitrogens is 4. The van der Waals surface area contributed by atoms with Crippen LogP contribution in [-0.2, 0) is 33.2 Å². The highest BCUT2D eigenvalue weighted by atomic mass is 31.2. The predicted molar refractivity (Wildman–Crippen MR) is 109 cm³/mol. The molecule has 158 valence electrons. The summed E-state index contributed by atoms with van der Waals surface area (Å²) in [6.45, 7) is 9.39. The highest BCUT2D eigenvalue weighted by molar-refractivity contribution is 7.53. The van der Waals surface area contributed by atoms with Gasteiger partial charge in [-0.05, 0) is 33.1 Å². The molecule has 2 aromatic heterocycles. The first-order valence-electron chi connectivity index (χ1n) is 9.98. The summed E-state index contributed by atoms with van der Waals surface area (Å²) in [5.41, 5.74) is 0.166. The lowest BCUT2D eigenvalue weighted by Gasteiger charge is -2.17. The zero-order valence-electron chi connectivity index (χ0n) is 17.2. The zero-order chi connectivity index (χ0) is 20.7. The third-order valence-corrected chi connectivity index (χ3v) is 6.53. The number of hydrogen-bond donors (Lipinski definition) is 0. The molecular formula is C18H31N4O5P. The SMILES string of the molecule is CCCn1c(=O)c2c(ncn2CCCP(=O)(OCC)OCC)n(CCC)c1=O. The highest BCUT2D eigenvalue weighted by Crippen LogP contribution is 2.48. The van der Waals surface area contributed by atoms with Crippen molar-refractivity contribution in [1.82, 2.24) is 18.7 Å². The van der Waals surface area contributed by atoms with Gasteiger partial charge in [-0.15, -0.1) is 0 Å². The molecule has 0 N–H and O–H groups in total. The topological polar surface area (TPSA) is 97.3 Å². The van der Waals surface area contributed by atoms with Gasteiger partial charge in [-0.25, -0.2) is 9.78 Å². The minimum Gasteiger partial charge on any atom is -0.325 e. The molecule has 0 bridgehead atoms. The van der Waals surface area contributed by atoms with E-state index in [9.17, 15) is 14.2 Å². The average Bonchev–Trinajstić information content (AvgIpc) is 3.06. The molecule has 0 aromatic carbocycles. The van der Waals surface area contributed by atoms with Gasteiger partial charge in [-0.3, -0.25) is 18.5 Å². The fraction of sp³-hybridized carbons (Fsp3) is 0.722. The molecule has 9 nitrogen and oxygen atoms in total. The maximum absolute atomic E-state index is 12.9. The molecule has 0 saturated heterocycles. The molecule has 0 fully saturated rings. The number of fused-ring (bicyclic) bond motifs is 1. The summed E-state index contributed by atoms with van der Waals surface area (Å²) in [4.78, 5) is 29.9. The van der Waals surface area contributed by atoms with Gasteiger partial charge >= 0.3 is 13.3 Å². The van der Waals surface area contributed by atoms with Crippen molar-refractivity contribution in [2.24, 2.45) is 0 Å². The summed E-state index contributed by atoms with van der Waals surface area (Å²) in [6.07, 6.45) is 3.78. The number of imidazole rings is 1. The minimum absolute atomic E-state index is 0.256. The largest absolute Gasteiger partial charge is 0.332 e. The second-order valence-electron chi connectivity index (χ2n) is 6.52. The van der Waals surface area contributed by atoms with Crippen LogP contribution in [0.5, 0.6) is 0 Å². The third kappa shape index (κ3) is 4.82. The monoisotopic (exact) mass is 414 g/mol. The van der Waals surface area contributed by atoms with Crippen molar-refractivity contribution in [1.29, 1.82) is 0 Å². The van der Waals surface area contributed by atoms with E-state index in [1.807, 2.05) is 13.8 Å². The number of nitrogens with zero attached hydrogens (tertiary/aromatic N) is 4. The van der Waals surface area contributed by atoms with E-state index in [2.05, 4.69) is 4.98 Å². The van der Waals surface area contributed by atoms with Crippen LogP contribution in [0.4, 0.5) is 0 Å². The van der Waals surface area contributed by atoms with Crippen LogP contribution in [0.15, 0.2) is 15.9 Å². The van der Waals surface area contributed by atoms with Crippen molar-refractivity contribution in [2.45, 2.75) is 66.6 Å². The van der Waals surface area contributed by atoms with Crippen LogP contribution < -0.4 is 11.2 Å². The first kappa shape index (κ1) is 22.6. The van der Waals surface area contributed by atoms with Crippen LogP contribution in [0.3, 0.4) is 0 Å². The van der Waals surface area contributed by atoms with Crippen molar-refractivity contribution >= 4 is 18.8 Å². The van der Waals surface area contributed by atoms with Gasteiger partial charge < -0.3 is 13.6 Å². The Hall–Kier alpha value is -1.70. The summed E-state index contributed by atoms with van der Waals surface area (Å²) in [6, 6.07) is 0. The zero-order valence-corrected chi connectivity index (χ0v) is 18.1. The Kier molecular flexibility index (Phi) is 8.22. The van der Waals surface area contributed by atoms with E-state index >= 15 is 0 Å². The molecule has 0 aliphatic heterocycles. The molecular weight excluding hydrogens is 383 g/mol. The molecule has 0 spiro atoms. The maximum Gasteiger partial charge on any atom is 0.332 e. The van der Waals surface area contributed by atoms with Crippen molar-refractivity contribution in [3.8, 4) is 0 Å². The normalized spacial score (nSPS) is 12.1. The number of hydrogen-bond acceptors (Lipinski definition) is 6. The van der Waals surface area contributed by atoms with Gasteiger partial charge in [0.25, 0.3) is 5.56 Å². The highest BCUT2D eigenvalue weighted by Gasteiger charge is 2.23. The lowest BCUT2D eigenvalue weighted by Crippen LogP contribution is -2.40. The maximum atomic E-state index is 12.9. The van der Waals surface area contributed by atoms with E-state index in [1.54, 1.807) is 29.3 Å². The Labute approximate surface area is 164 Å². The van der Waals surface area contributed by atoms with Crippen LogP contribution in [0.2, 0.25) is 0 Å². The van der Waals surface area contributed by atoms with E-state index in [4.69, 9.17) is 9.05 Å². The molecule has 0 amide bonds. The van der Waals surface area contributed by atoms with Gasteiger partial charge in [0.05, 0.1) is 25.7 Å². The van der Waals surface area contributed by atoms with Crippen LogP contribution in [-0.4, -0.2) is 38.1 Å². The molecule has 0 radical (unpaired) electrons. The lowest BCUT2D eigenvalue weighted by molar-refractivity contribution is 0.219. The standard InChI is InChI=1S/C18H31N4O5P/c1-5-10-21-16-15(17(23)22(11-6-2)18(21)24)20(14-19-16)12-9-13-28(25,26-7-3)27-8-4/h14H,5-13H2,1-4H3. The van der Waals surface area contributed by atoms with E-state index in [1.165, 1.54) is 4.57 Å². The van der Waals surface area contributed by atoms with Crippen LogP contribution in [0, 0.1) is 0 Å². The molecule has 0 atom stereocenters. The number of aryl methyl sites for hydroxylation is 2. The summed E-state index contributed by atoms with van der Waals surface area (Å²) < 4.78 is 27.8. The van der Waals surface area contributed by atoms with Gasteiger partial charge in [0.15, 0.2) is 11.2 Å². The summed E-state index contributed by atoms with van der Waals surface area (Å²) in [5.74, 6) is 0. The van der Waals surface area contributed by atoms with Gasteiger partial charge in [-0.1, -0.05) is 13.8 Å². The Morgan fingerprint density at radius 3 is 2.14 bits per heavy atom.